The van der Waals surface area contributed by atoms with Crippen LogP contribution in [-0.2, 0) is 6.54 Å². The zero-order chi connectivity index (χ0) is 12.1. The molecule has 1 aromatic rings. The van der Waals surface area contributed by atoms with E-state index in [1.54, 1.807) is 0 Å². The van der Waals surface area contributed by atoms with Crippen molar-refractivity contribution < 1.29 is 4.42 Å². The Kier molecular flexibility index (Phi) is 5.89. The normalized spacial score (nSPS) is 17.5. The van der Waals surface area contributed by atoms with Gasteiger partial charge in [-0.05, 0) is 37.9 Å². The molecule has 1 aliphatic rings. The van der Waals surface area contributed by atoms with E-state index >= 15 is 0 Å². The largest absolute Gasteiger partial charge is 0.452 e. The van der Waals surface area contributed by atoms with Gasteiger partial charge in [0.2, 0.25) is 0 Å². The molecule has 0 radical (unpaired) electrons. The van der Waals surface area contributed by atoms with Gasteiger partial charge in [-0.1, -0.05) is 0 Å². The van der Waals surface area contributed by atoms with Gasteiger partial charge >= 0.3 is 0 Å². The lowest BCUT2D eigenvalue weighted by Crippen LogP contribution is -2.37. The quantitative estimate of drug-likeness (QED) is 0.791. The predicted octanol–water partition coefficient (Wildman–Crippen LogP) is 2.94. The molecular formula is C11H16Br2N2OS. The summed E-state index contributed by atoms with van der Waals surface area (Å²) >= 11 is 8.80. The molecule has 1 aromatic heterocycles. The number of hydrogen-bond acceptors (Lipinski definition) is 4. The molecule has 0 amide bonds. The molecule has 6 heteroatoms. The molecule has 0 bridgehead atoms. The summed E-state index contributed by atoms with van der Waals surface area (Å²) in [5, 5.41) is 3.41. The number of nitrogens with zero attached hydrogens (tertiary/aromatic N) is 1. The van der Waals surface area contributed by atoms with Crippen LogP contribution in [0.15, 0.2) is 19.6 Å². The smallest absolute Gasteiger partial charge is 0.183 e. The summed E-state index contributed by atoms with van der Waals surface area (Å²) in [6, 6.07) is 1.99. The van der Waals surface area contributed by atoms with Crippen molar-refractivity contribution in [2.24, 2.45) is 0 Å². The van der Waals surface area contributed by atoms with Crippen LogP contribution >= 0.6 is 43.6 Å². The second kappa shape index (κ2) is 7.19. The molecular weight excluding hydrogens is 368 g/mol. The highest BCUT2D eigenvalue weighted by Crippen LogP contribution is 2.26. The van der Waals surface area contributed by atoms with E-state index in [9.17, 15) is 0 Å². The zero-order valence-corrected chi connectivity index (χ0v) is 13.5. The standard InChI is InChI=1S/C11H16Br2N2OS/c12-10-7-9(16-11(10)13)8-14-1-2-15-3-5-17-6-4-15/h7,14H,1-6,8H2. The second-order valence-corrected chi connectivity index (χ2v) is 6.76. The van der Waals surface area contributed by atoms with Crippen LogP contribution in [0.1, 0.15) is 5.76 Å². The van der Waals surface area contributed by atoms with Gasteiger partial charge in [0.05, 0.1) is 11.0 Å². The Bertz CT molecular complexity index is 334. The third-order valence-corrected chi connectivity index (χ3v) is 5.36. The first kappa shape index (κ1) is 13.9. The lowest BCUT2D eigenvalue weighted by molar-refractivity contribution is 0.299. The van der Waals surface area contributed by atoms with E-state index in [0.29, 0.717) is 0 Å². The van der Waals surface area contributed by atoms with E-state index in [2.05, 4.69) is 53.8 Å². The minimum atomic E-state index is 0.766. The average Bonchev–Trinajstić information content (AvgIpc) is 2.66. The molecule has 2 rings (SSSR count). The molecule has 0 atom stereocenters. The highest BCUT2D eigenvalue weighted by atomic mass is 79.9. The molecule has 1 fully saturated rings. The van der Waals surface area contributed by atoms with Gasteiger partial charge < -0.3 is 14.6 Å². The van der Waals surface area contributed by atoms with E-state index in [1.165, 1.54) is 24.6 Å². The van der Waals surface area contributed by atoms with Crippen LogP contribution in [0.4, 0.5) is 0 Å². The first-order valence-corrected chi connectivity index (χ1v) is 8.44. The highest BCUT2D eigenvalue weighted by molar-refractivity contribution is 9.13. The van der Waals surface area contributed by atoms with Gasteiger partial charge in [-0.25, -0.2) is 0 Å². The Labute approximate surface area is 123 Å². The van der Waals surface area contributed by atoms with Crippen LogP contribution in [0.25, 0.3) is 0 Å². The van der Waals surface area contributed by atoms with E-state index < -0.39 is 0 Å². The van der Waals surface area contributed by atoms with Crippen LogP contribution in [-0.4, -0.2) is 42.6 Å². The van der Waals surface area contributed by atoms with Crippen molar-refractivity contribution >= 4 is 43.6 Å². The van der Waals surface area contributed by atoms with E-state index in [1.807, 2.05) is 6.07 Å². The van der Waals surface area contributed by atoms with Crippen molar-refractivity contribution in [3.05, 3.63) is 21.0 Å². The lowest BCUT2D eigenvalue weighted by atomic mass is 10.4. The maximum atomic E-state index is 5.50. The summed E-state index contributed by atoms with van der Waals surface area (Å²) in [5.74, 6) is 3.51. The molecule has 96 valence electrons. The van der Waals surface area contributed by atoms with Crippen molar-refractivity contribution in [1.29, 1.82) is 0 Å². The molecule has 0 saturated carbocycles. The Morgan fingerprint density at radius 3 is 2.76 bits per heavy atom. The topological polar surface area (TPSA) is 28.4 Å². The fourth-order valence-corrected chi connectivity index (χ4v) is 3.39. The second-order valence-electron chi connectivity index (χ2n) is 3.97. The number of rotatable bonds is 5. The summed E-state index contributed by atoms with van der Waals surface area (Å²) in [6.45, 7) is 5.38. The van der Waals surface area contributed by atoms with Gasteiger partial charge in [0.25, 0.3) is 0 Å². The molecule has 17 heavy (non-hydrogen) atoms. The zero-order valence-electron chi connectivity index (χ0n) is 9.55. The van der Waals surface area contributed by atoms with Crippen molar-refractivity contribution in [3.8, 4) is 0 Å². The maximum absolute atomic E-state index is 5.50. The molecule has 2 heterocycles. The van der Waals surface area contributed by atoms with Crippen molar-refractivity contribution in [1.82, 2.24) is 10.2 Å². The van der Waals surface area contributed by atoms with Crippen molar-refractivity contribution in [2.75, 3.05) is 37.7 Å². The summed E-state index contributed by atoms with van der Waals surface area (Å²) in [7, 11) is 0. The summed E-state index contributed by atoms with van der Waals surface area (Å²) < 4.78 is 7.24. The summed E-state index contributed by atoms with van der Waals surface area (Å²) in [5.41, 5.74) is 0. The van der Waals surface area contributed by atoms with Gasteiger partial charge in [-0.15, -0.1) is 0 Å². The number of furan rings is 1. The fourth-order valence-electron chi connectivity index (χ4n) is 1.75. The number of thioether (sulfide) groups is 1. The molecule has 1 aliphatic heterocycles. The average molecular weight is 384 g/mol. The molecule has 1 N–H and O–H groups in total. The molecule has 0 spiro atoms. The fraction of sp³-hybridized carbons (Fsp3) is 0.636. The van der Waals surface area contributed by atoms with E-state index in [4.69, 9.17) is 4.42 Å². The van der Waals surface area contributed by atoms with Crippen LogP contribution in [0.3, 0.4) is 0 Å². The first-order valence-electron chi connectivity index (χ1n) is 5.70. The number of hydrogen-bond donors (Lipinski definition) is 1. The van der Waals surface area contributed by atoms with Crippen molar-refractivity contribution in [3.63, 3.8) is 0 Å². The lowest BCUT2D eigenvalue weighted by Gasteiger charge is -2.25. The molecule has 1 saturated heterocycles. The third kappa shape index (κ3) is 4.59. The third-order valence-electron chi connectivity index (χ3n) is 2.70. The van der Waals surface area contributed by atoms with Crippen LogP contribution in [0.5, 0.6) is 0 Å². The molecule has 0 unspecified atom stereocenters. The molecule has 0 aromatic carbocycles. The van der Waals surface area contributed by atoms with Crippen LogP contribution in [0.2, 0.25) is 0 Å². The first-order chi connectivity index (χ1) is 8.25. The predicted molar refractivity (Wildman–Crippen MR) is 79.6 cm³/mol. The monoisotopic (exact) mass is 382 g/mol. The highest BCUT2D eigenvalue weighted by Gasteiger charge is 2.09. The maximum Gasteiger partial charge on any atom is 0.183 e. The Hall–Kier alpha value is 0.510. The molecule has 0 aliphatic carbocycles. The number of nitrogens with one attached hydrogen (secondary N) is 1. The van der Waals surface area contributed by atoms with Crippen molar-refractivity contribution in [2.45, 2.75) is 6.54 Å². The Balaban J connectivity index is 1.62. The van der Waals surface area contributed by atoms with Gasteiger partial charge in [0.15, 0.2) is 4.67 Å². The summed E-state index contributed by atoms with van der Waals surface area (Å²) in [6.07, 6.45) is 0. The SMILES string of the molecule is Brc1cc(CNCCN2CCSCC2)oc1Br. The number of halogens is 2. The van der Waals surface area contributed by atoms with E-state index in [-0.39, 0.29) is 0 Å². The van der Waals surface area contributed by atoms with Gasteiger partial charge in [-0.3, -0.25) is 0 Å². The van der Waals surface area contributed by atoms with Crippen LogP contribution < -0.4 is 5.32 Å². The minimum Gasteiger partial charge on any atom is -0.452 e. The molecule has 3 nitrogen and oxygen atoms in total. The minimum absolute atomic E-state index is 0.766. The van der Waals surface area contributed by atoms with Gasteiger partial charge in [0.1, 0.15) is 5.76 Å². The van der Waals surface area contributed by atoms with Crippen LogP contribution in [0, 0.1) is 0 Å². The van der Waals surface area contributed by atoms with Gasteiger partial charge in [0, 0.05) is 37.7 Å². The summed E-state index contributed by atoms with van der Waals surface area (Å²) in [4.78, 5) is 2.51. The van der Waals surface area contributed by atoms with E-state index in [0.717, 1.165) is 34.5 Å². The van der Waals surface area contributed by atoms with Gasteiger partial charge in [-0.2, -0.15) is 11.8 Å². The Morgan fingerprint density at radius 2 is 2.12 bits per heavy atom. The Morgan fingerprint density at radius 1 is 1.35 bits per heavy atom.